The van der Waals surface area contributed by atoms with E-state index in [-0.39, 0.29) is 0 Å². The third-order valence-electron chi connectivity index (χ3n) is 2.99. The highest BCUT2D eigenvalue weighted by atomic mass is 16.5. The van der Waals surface area contributed by atoms with Gasteiger partial charge in [0.2, 0.25) is 0 Å². The maximum absolute atomic E-state index is 10.1. The Balaban J connectivity index is 2.31. The molecule has 0 unspecified atom stereocenters. The van der Waals surface area contributed by atoms with Gasteiger partial charge in [0.15, 0.2) is 0 Å². The molecule has 0 aliphatic heterocycles. The van der Waals surface area contributed by atoms with E-state index < -0.39 is 0 Å². The molecule has 1 N–H and O–H groups in total. The van der Waals surface area contributed by atoms with Gasteiger partial charge in [-0.25, -0.2) is 0 Å². The Kier molecular flexibility index (Phi) is 4.00. The maximum atomic E-state index is 10.1. The topological polar surface area (TPSA) is 29.5 Å². The second-order valence-electron chi connectivity index (χ2n) is 4.52. The van der Waals surface area contributed by atoms with Crippen LogP contribution in [0.15, 0.2) is 42.5 Å². The summed E-state index contributed by atoms with van der Waals surface area (Å²) in [6.45, 7) is 2.49. The molecule has 0 aromatic heterocycles. The molecule has 2 aromatic carbocycles. The zero-order valence-electron chi connectivity index (χ0n) is 10.8. The van der Waals surface area contributed by atoms with Crippen LogP contribution < -0.4 is 0 Å². The van der Waals surface area contributed by atoms with E-state index in [1.54, 1.807) is 7.11 Å². The van der Waals surface area contributed by atoms with Gasteiger partial charge >= 0.3 is 0 Å². The molecular weight excluding hydrogens is 224 g/mol. The zero-order valence-corrected chi connectivity index (χ0v) is 10.8. The first-order valence-electron chi connectivity index (χ1n) is 6.05. The predicted molar refractivity (Wildman–Crippen MR) is 72.8 cm³/mol. The van der Waals surface area contributed by atoms with Crippen LogP contribution in [-0.2, 0) is 17.8 Å². The largest absolute Gasteiger partial charge is 0.507 e. The smallest absolute Gasteiger partial charge is 0.122 e. The minimum absolute atomic E-state index is 0.388. The van der Waals surface area contributed by atoms with Crippen molar-refractivity contribution in [1.29, 1.82) is 0 Å². The number of aryl methyl sites for hydroxylation is 1. The molecule has 2 nitrogen and oxygen atoms in total. The Morgan fingerprint density at radius 1 is 1.06 bits per heavy atom. The average molecular weight is 242 g/mol. The van der Waals surface area contributed by atoms with E-state index in [0.29, 0.717) is 12.4 Å². The third kappa shape index (κ3) is 2.90. The van der Waals surface area contributed by atoms with Gasteiger partial charge in [-0.1, -0.05) is 36.4 Å². The molecule has 0 heterocycles. The predicted octanol–water partition coefficient (Wildman–Crippen LogP) is 3.44. The first kappa shape index (κ1) is 12.7. The van der Waals surface area contributed by atoms with Crippen LogP contribution in [0, 0.1) is 6.92 Å². The van der Waals surface area contributed by atoms with Crippen molar-refractivity contribution >= 4 is 0 Å². The van der Waals surface area contributed by atoms with Gasteiger partial charge in [0.25, 0.3) is 0 Å². The lowest BCUT2D eigenvalue weighted by Gasteiger charge is -2.10. The fourth-order valence-electron chi connectivity index (χ4n) is 2.13. The van der Waals surface area contributed by atoms with E-state index in [2.05, 4.69) is 12.1 Å². The Morgan fingerprint density at radius 3 is 2.44 bits per heavy atom. The summed E-state index contributed by atoms with van der Waals surface area (Å²) < 4.78 is 5.15. The Hall–Kier alpha value is -1.80. The molecule has 0 atom stereocenters. The van der Waals surface area contributed by atoms with Crippen molar-refractivity contribution in [3.63, 3.8) is 0 Å². The van der Waals surface area contributed by atoms with Gasteiger partial charge in [0.05, 0.1) is 6.61 Å². The number of rotatable bonds is 4. The van der Waals surface area contributed by atoms with Gasteiger partial charge in [-0.15, -0.1) is 0 Å². The second kappa shape index (κ2) is 5.69. The van der Waals surface area contributed by atoms with Crippen LogP contribution in [-0.4, -0.2) is 12.2 Å². The summed E-state index contributed by atoms with van der Waals surface area (Å²) in [6, 6.07) is 14.1. The number of methoxy groups -OCH3 is 1. The molecule has 2 heteroatoms. The van der Waals surface area contributed by atoms with Gasteiger partial charge in [0.1, 0.15) is 5.75 Å². The molecule has 0 radical (unpaired) electrons. The summed E-state index contributed by atoms with van der Waals surface area (Å²) in [5.41, 5.74) is 4.14. The van der Waals surface area contributed by atoms with Crippen molar-refractivity contribution in [3.05, 3.63) is 64.7 Å². The van der Waals surface area contributed by atoms with Crippen molar-refractivity contribution in [1.82, 2.24) is 0 Å². The van der Waals surface area contributed by atoms with E-state index in [0.717, 1.165) is 23.1 Å². The lowest BCUT2D eigenvalue weighted by atomic mass is 9.99. The summed E-state index contributed by atoms with van der Waals surface area (Å²) in [5.74, 6) is 0.388. The normalized spacial score (nSPS) is 10.6. The molecule has 0 spiro atoms. The Bertz CT molecular complexity index is 518. The summed E-state index contributed by atoms with van der Waals surface area (Å²) in [7, 11) is 1.68. The van der Waals surface area contributed by atoms with E-state index in [4.69, 9.17) is 4.74 Å². The molecule has 0 saturated heterocycles. The van der Waals surface area contributed by atoms with E-state index in [1.807, 2.05) is 37.3 Å². The highest BCUT2D eigenvalue weighted by Crippen LogP contribution is 2.26. The van der Waals surface area contributed by atoms with Gasteiger partial charge < -0.3 is 9.84 Å². The number of phenols is 1. The lowest BCUT2D eigenvalue weighted by Crippen LogP contribution is -1.95. The van der Waals surface area contributed by atoms with Crippen LogP contribution in [0.1, 0.15) is 22.3 Å². The number of benzene rings is 2. The lowest BCUT2D eigenvalue weighted by molar-refractivity contribution is 0.184. The number of hydrogen-bond donors (Lipinski definition) is 1. The molecule has 18 heavy (non-hydrogen) atoms. The summed E-state index contributed by atoms with van der Waals surface area (Å²) in [4.78, 5) is 0. The highest BCUT2D eigenvalue weighted by molar-refractivity contribution is 5.45. The second-order valence-corrected chi connectivity index (χ2v) is 4.52. The molecule has 2 rings (SSSR count). The van der Waals surface area contributed by atoms with E-state index >= 15 is 0 Å². The quantitative estimate of drug-likeness (QED) is 0.890. The first-order valence-corrected chi connectivity index (χ1v) is 6.05. The molecule has 0 aliphatic rings. The Labute approximate surface area is 108 Å². The van der Waals surface area contributed by atoms with Crippen molar-refractivity contribution in [2.75, 3.05) is 7.11 Å². The van der Waals surface area contributed by atoms with E-state index in [9.17, 15) is 5.11 Å². The molecule has 0 saturated carbocycles. The SMILES string of the molecule is COCc1cc(C)c(O)c(Cc2ccccc2)c1. The standard InChI is InChI=1S/C16H18O2/c1-12-8-14(11-18-2)10-15(16(12)17)9-13-6-4-3-5-7-13/h3-8,10,17H,9,11H2,1-2H3. The van der Waals surface area contributed by atoms with Crippen LogP contribution >= 0.6 is 0 Å². The summed E-state index contributed by atoms with van der Waals surface area (Å²) in [5, 5.41) is 10.1. The highest BCUT2D eigenvalue weighted by Gasteiger charge is 2.07. The van der Waals surface area contributed by atoms with Gasteiger partial charge in [0, 0.05) is 13.5 Å². The van der Waals surface area contributed by atoms with Gasteiger partial charge in [-0.05, 0) is 35.2 Å². The van der Waals surface area contributed by atoms with Crippen LogP contribution in [0.25, 0.3) is 0 Å². The number of phenolic OH excluding ortho intramolecular Hbond substituents is 1. The summed E-state index contributed by atoms with van der Waals surface area (Å²) in [6.07, 6.45) is 0.741. The van der Waals surface area contributed by atoms with Crippen molar-refractivity contribution in [3.8, 4) is 5.75 Å². The van der Waals surface area contributed by atoms with Crippen molar-refractivity contribution in [2.45, 2.75) is 20.0 Å². The van der Waals surface area contributed by atoms with Crippen molar-refractivity contribution in [2.24, 2.45) is 0 Å². The van der Waals surface area contributed by atoms with Crippen LogP contribution in [0.5, 0.6) is 5.75 Å². The van der Waals surface area contributed by atoms with Crippen molar-refractivity contribution < 1.29 is 9.84 Å². The monoisotopic (exact) mass is 242 g/mol. The molecule has 94 valence electrons. The van der Waals surface area contributed by atoms with Crippen LogP contribution in [0.4, 0.5) is 0 Å². The number of aromatic hydroxyl groups is 1. The minimum atomic E-state index is 0.388. The average Bonchev–Trinajstić information content (AvgIpc) is 2.37. The fraction of sp³-hybridized carbons (Fsp3) is 0.250. The fourth-order valence-corrected chi connectivity index (χ4v) is 2.13. The molecule has 0 fully saturated rings. The van der Waals surface area contributed by atoms with Gasteiger partial charge in [-0.3, -0.25) is 0 Å². The zero-order chi connectivity index (χ0) is 13.0. The Morgan fingerprint density at radius 2 is 1.78 bits per heavy atom. The van der Waals surface area contributed by atoms with E-state index in [1.165, 1.54) is 5.56 Å². The van der Waals surface area contributed by atoms with Crippen LogP contribution in [0.2, 0.25) is 0 Å². The molecule has 0 bridgehead atoms. The molecule has 0 aliphatic carbocycles. The van der Waals surface area contributed by atoms with Crippen LogP contribution in [0.3, 0.4) is 0 Å². The third-order valence-corrected chi connectivity index (χ3v) is 2.99. The first-order chi connectivity index (χ1) is 8.70. The van der Waals surface area contributed by atoms with Gasteiger partial charge in [-0.2, -0.15) is 0 Å². The number of ether oxygens (including phenoxy) is 1. The minimum Gasteiger partial charge on any atom is -0.507 e. The maximum Gasteiger partial charge on any atom is 0.122 e. The molecule has 2 aromatic rings. The number of hydrogen-bond acceptors (Lipinski definition) is 2. The summed E-state index contributed by atoms with van der Waals surface area (Å²) >= 11 is 0. The molecular formula is C16H18O2. The molecule has 0 amide bonds.